The van der Waals surface area contributed by atoms with Gasteiger partial charge in [-0.05, 0) is 23.6 Å². The highest BCUT2D eigenvalue weighted by molar-refractivity contribution is 8.01. The largest absolute Gasteiger partial charge is 0.330 e. The molecule has 2 rings (SSSR count). The van der Waals surface area contributed by atoms with Crippen molar-refractivity contribution in [2.45, 2.75) is 24.1 Å². The normalized spacial score (nSPS) is 10.7. The summed E-state index contributed by atoms with van der Waals surface area (Å²) in [6.07, 6.45) is 1.86. The Kier molecular flexibility index (Phi) is 4.99. The Bertz CT molecular complexity index is 532. The topological polar surface area (TPSA) is 37.8 Å². The summed E-state index contributed by atoms with van der Waals surface area (Å²) >= 11 is 3.21. The second kappa shape index (κ2) is 6.73. The average molecular weight is 291 g/mol. The average Bonchev–Trinajstić information content (AvgIpc) is 2.84. The lowest BCUT2D eigenvalue weighted by Crippen LogP contribution is -1.91. The predicted octanol–water partition coefficient (Wildman–Crippen LogP) is 4.68. The van der Waals surface area contributed by atoms with Crippen LogP contribution in [0.1, 0.15) is 25.3 Å². The molecule has 0 aliphatic carbocycles. The van der Waals surface area contributed by atoms with Gasteiger partial charge in [0.15, 0.2) is 4.34 Å². The van der Waals surface area contributed by atoms with Gasteiger partial charge in [0.05, 0.1) is 0 Å². The van der Waals surface area contributed by atoms with Crippen LogP contribution in [0.5, 0.6) is 0 Å². The van der Waals surface area contributed by atoms with Gasteiger partial charge in [0.25, 0.3) is 0 Å². The Morgan fingerprint density at radius 2 is 2.05 bits per heavy atom. The van der Waals surface area contributed by atoms with Crippen LogP contribution in [0.3, 0.4) is 0 Å². The van der Waals surface area contributed by atoms with Crippen LogP contribution >= 0.6 is 23.1 Å². The van der Waals surface area contributed by atoms with Crippen molar-refractivity contribution in [3.05, 3.63) is 42.5 Å². The first kappa shape index (κ1) is 14.1. The molecule has 0 atom stereocenters. The van der Waals surface area contributed by atoms with Gasteiger partial charge >= 0.3 is 0 Å². The molecule has 0 saturated heterocycles. The molecule has 100 valence electrons. The Morgan fingerprint density at radius 3 is 2.68 bits per heavy atom. The highest BCUT2D eigenvalue weighted by Crippen LogP contribution is 2.28. The van der Waals surface area contributed by atoms with E-state index in [1.807, 2.05) is 6.08 Å². The van der Waals surface area contributed by atoms with E-state index in [0.717, 1.165) is 20.9 Å². The molecule has 1 N–H and O–H groups in total. The number of aromatic nitrogens is 2. The fourth-order valence-corrected chi connectivity index (χ4v) is 3.06. The Balaban J connectivity index is 2.00. The SMILES string of the molecule is C=CCSc1nnc(Nc2ccc(C(C)C)cc2)s1. The van der Waals surface area contributed by atoms with Gasteiger partial charge in [0, 0.05) is 11.4 Å². The molecule has 0 spiro atoms. The number of nitrogens with one attached hydrogen (secondary N) is 1. The first-order valence-corrected chi connectivity index (χ1v) is 7.93. The summed E-state index contributed by atoms with van der Waals surface area (Å²) in [4.78, 5) is 0. The van der Waals surface area contributed by atoms with Crippen LogP contribution in [0.25, 0.3) is 0 Å². The molecule has 0 bridgehead atoms. The minimum Gasteiger partial charge on any atom is -0.330 e. The summed E-state index contributed by atoms with van der Waals surface area (Å²) in [7, 11) is 0. The number of nitrogens with zero attached hydrogens (tertiary/aromatic N) is 2. The van der Waals surface area contributed by atoms with E-state index < -0.39 is 0 Å². The molecule has 2 aromatic rings. The van der Waals surface area contributed by atoms with E-state index in [9.17, 15) is 0 Å². The van der Waals surface area contributed by atoms with E-state index in [2.05, 4.69) is 60.2 Å². The predicted molar refractivity (Wildman–Crippen MR) is 84.6 cm³/mol. The molecule has 0 amide bonds. The van der Waals surface area contributed by atoms with Crippen molar-refractivity contribution in [1.82, 2.24) is 10.2 Å². The fourth-order valence-electron chi connectivity index (χ4n) is 1.52. The first-order valence-electron chi connectivity index (χ1n) is 6.13. The lowest BCUT2D eigenvalue weighted by Gasteiger charge is -2.06. The molecule has 0 fully saturated rings. The summed E-state index contributed by atoms with van der Waals surface area (Å²) in [5.41, 5.74) is 2.38. The Labute approximate surface area is 122 Å². The molecule has 19 heavy (non-hydrogen) atoms. The van der Waals surface area contributed by atoms with E-state index in [-0.39, 0.29) is 0 Å². The van der Waals surface area contributed by atoms with Crippen molar-refractivity contribution in [3.8, 4) is 0 Å². The zero-order valence-electron chi connectivity index (χ0n) is 11.1. The maximum absolute atomic E-state index is 4.12. The van der Waals surface area contributed by atoms with E-state index in [4.69, 9.17) is 0 Å². The molecule has 0 radical (unpaired) electrons. The van der Waals surface area contributed by atoms with Crippen molar-refractivity contribution in [2.75, 3.05) is 11.1 Å². The molecule has 0 aliphatic rings. The minimum atomic E-state index is 0.553. The van der Waals surface area contributed by atoms with Crippen molar-refractivity contribution in [2.24, 2.45) is 0 Å². The summed E-state index contributed by atoms with van der Waals surface area (Å²) in [5.74, 6) is 1.41. The maximum Gasteiger partial charge on any atom is 0.210 e. The summed E-state index contributed by atoms with van der Waals surface area (Å²) < 4.78 is 0.959. The van der Waals surface area contributed by atoms with Gasteiger partial charge in [0.2, 0.25) is 5.13 Å². The third-order valence-corrected chi connectivity index (χ3v) is 4.53. The first-order chi connectivity index (χ1) is 9.19. The van der Waals surface area contributed by atoms with Gasteiger partial charge in [-0.1, -0.05) is 55.2 Å². The third kappa shape index (κ3) is 4.08. The molecule has 0 aliphatic heterocycles. The number of hydrogen-bond acceptors (Lipinski definition) is 5. The number of benzene rings is 1. The number of rotatable bonds is 6. The van der Waals surface area contributed by atoms with Gasteiger partial charge < -0.3 is 5.32 Å². The van der Waals surface area contributed by atoms with Crippen molar-refractivity contribution in [3.63, 3.8) is 0 Å². The van der Waals surface area contributed by atoms with E-state index in [0.29, 0.717) is 5.92 Å². The minimum absolute atomic E-state index is 0.553. The zero-order chi connectivity index (χ0) is 13.7. The van der Waals surface area contributed by atoms with Gasteiger partial charge in [-0.15, -0.1) is 16.8 Å². The van der Waals surface area contributed by atoms with Gasteiger partial charge in [-0.2, -0.15) is 0 Å². The second-order valence-electron chi connectivity index (χ2n) is 4.37. The van der Waals surface area contributed by atoms with Crippen LogP contribution in [0.15, 0.2) is 41.3 Å². The number of hydrogen-bond donors (Lipinski definition) is 1. The van der Waals surface area contributed by atoms with Crippen molar-refractivity contribution in [1.29, 1.82) is 0 Å². The zero-order valence-corrected chi connectivity index (χ0v) is 12.7. The third-order valence-electron chi connectivity index (χ3n) is 2.56. The lowest BCUT2D eigenvalue weighted by atomic mass is 10.0. The lowest BCUT2D eigenvalue weighted by molar-refractivity contribution is 0.867. The van der Waals surface area contributed by atoms with E-state index in [1.54, 1.807) is 23.1 Å². The Hall–Kier alpha value is -1.33. The molecule has 5 heteroatoms. The summed E-state index contributed by atoms with van der Waals surface area (Å²) in [6.45, 7) is 8.07. The van der Waals surface area contributed by atoms with Crippen LogP contribution in [0, 0.1) is 0 Å². The van der Waals surface area contributed by atoms with Crippen molar-refractivity contribution < 1.29 is 0 Å². The molecular weight excluding hydrogens is 274 g/mol. The van der Waals surface area contributed by atoms with Gasteiger partial charge in [-0.25, -0.2) is 0 Å². The number of thioether (sulfide) groups is 1. The van der Waals surface area contributed by atoms with Crippen molar-refractivity contribution >= 4 is 33.9 Å². The molecule has 3 nitrogen and oxygen atoms in total. The molecule has 1 aromatic heterocycles. The van der Waals surface area contributed by atoms with E-state index >= 15 is 0 Å². The Morgan fingerprint density at radius 1 is 1.32 bits per heavy atom. The fraction of sp³-hybridized carbons (Fsp3) is 0.286. The summed E-state index contributed by atoms with van der Waals surface area (Å²) in [5, 5.41) is 12.3. The quantitative estimate of drug-likeness (QED) is 0.619. The number of anilines is 2. The molecule has 1 aromatic carbocycles. The summed E-state index contributed by atoms with van der Waals surface area (Å²) in [6, 6.07) is 8.43. The molecule has 0 saturated carbocycles. The smallest absolute Gasteiger partial charge is 0.210 e. The maximum atomic E-state index is 4.12. The second-order valence-corrected chi connectivity index (χ2v) is 6.62. The van der Waals surface area contributed by atoms with Crippen LogP contribution in [-0.2, 0) is 0 Å². The van der Waals surface area contributed by atoms with Crippen LogP contribution in [0.4, 0.5) is 10.8 Å². The standard InChI is InChI=1S/C14H17N3S2/c1-4-9-18-14-17-16-13(19-14)15-12-7-5-11(6-8-12)10(2)3/h4-8,10H,1,9H2,2-3H3,(H,15,16). The molecule has 1 heterocycles. The monoisotopic (exact) mass is 291 g/mol. The highest BCUT2D eigenvalue weighted by atomic mass is 32.2. The highest BCUT2D eigenvalue weighted by Gasteiger charge is 2.05. The van der Waals surface area contributed by atoms with Crippen LogP contribution in [0.2, 0.25) is 0 Å². The van der Waals surface area contributed by atoms with E-state index in [1.165, 1.54) is 5.56 Å². The molecule has 0 unspecified atom stereocenters. The molecular formula is C14H17N3S2. The van der Waals surface area contributed by atoms with Crippen LogP contribution < -0.4 is 5.32 Å². The van der Waals surface area contributed by atoms with Gasteiger partial charge in [0.1, 0.15) is 0 Å². The van der Waals surface area contributed by atoms with Gasteiger partial charge in [-0.3, -0.25) is 0 Å². The van der Waals surface area contributed by atoms with Crippen LogP contribution in [-0.4, -0.2) is 16.0 Å².